The zero-order chi connectivity index (χ0) is 26.4. The minimum absolute atomic E-state index is 0.0312. The Labute approximate surface area is 218 Å². The molecule has 1 heterocycles. The average Bonchev–Trinajstić information content (AvgIpc) is 3.45. The van der Waals surface area contributed by atoms with Crippen LogP contribution in [0.1, 0.15) is 29.5 Å². The summed E-state index contributed by atoms with van der Waals surface area (Å²) in [6, 6.07) is 17.7. The quantitative estimate of drug-likeness (QED) is 0.231. The van der Waals surface area contributed by atoms with Crippen molar-refractivity contribution in [3.05, 3.63) is 92.5 Å². The van der Waals surface area contributed by atoms with Crippen molar-refractivity contribution in [2.24, 2.45) is 5.10 Å². The summed E-state index contributed by atoms with van der Waals surface area (Å²) in [7, 11) is -3.80. The molecule has 0 amide bonds. The summed E-state index contributed by atoms with van der Waals surface area (Å²) in [4.78, 5) is 10.9. The molecule has 3 aromatic rings. The topological polar surface area (TPSA) is 138 Å². The second kappa shape index (κ2) is 11.4. The van der Waals surface area contributed by atoms with E-state index < -0.39 is 20.6 Å². The molecule has 190 valence electrons. The zero-order valence-electron chi connectivity index (χ0n) is 19.5. The van der Waals surface area contributed by atoms with Gasteiger partial charge in [0.1, 0.15) is 18.0 Å². The van der Waals surface area contributed by atoms with Gasteiger partial charge in [-0.25, -0.2) is 8.42 Å². The highest BCUT2D eigenvalue weighted by Gasteiger charge is 2.29. The fraction of sp³-hybridized carbons (Fsp3) is 0.200. The Morgan fingerprint density at radius 3 is 2.54 bits per heavy atom. The van der Waals surface area contributed by atoms with E-state index in [2.05, 4.69) is 16.6 Å². The lowest BCUT2D eigenvalue weighted by Crippen LogP contribution is -2.27. The van der Waals surface area contributed by atoms with E-state index in [-0.39, 0.29) is 17.2 Å². The van der Waals surface area contributed by atoms with Crippen LogP contribution in [0.2, 0.25) is 5.02 Å². The highest BCUT2D eigenvalue weighted by atomic mass is 35.5. The normalized spacial score (nSPS) is 13.9. The Balaban J connectivity index is 1.51. The summed E-state index contributed by atoms with van der Waals surface area (Å²) in [5, 5.41) is 25.1. The molecule has 0 radical (unpaired) electrons. The molecule has 1 N–H and O–H groups in total. The largest absolute Gasteiger partial charge is 0.488 e. The number of nitriles is 1. The van der Waals surface area contributed by atoms with Gasteiger partial charge in [-0.2, -0.15) is 14.7 Å². The average molecular weight is 540 g/mol. The first-order chi connectivity index (χ1) is 17.8. The minimum atomic E-state index is -3.80. The molecule has 37 heavy (non-hydrogen) atoms. The third-order valence-electron chi connectivity index (χ3n) is 5.71. The van der Waals surface area contributed by atoms with Crippen molar-refractivity contribution in [2.45, 2.75) is 24.3 Å². The first-order valence-electron chi connectivity index (χ1n) is 11.3. The van der Waals surface area contributed by atoms with E-state index >= 15 is 0 Å². The number of nitrogens with zero attached hydrogens (tertiary/aromatic N) is 4. The van der Waals surface area contributed by atoms with Gasteiger partial charge in [-0.1, -0.05) is 23.7 Å². The number of nitro benzene ring substituents is 1. The van der Waals surface area contributed by atoms with Gasteiger partial charge in [-0.05, 0) is 60.9 Å². The third-order valence-corrected chi connectivity index (χ3v) is 7.84. The number of rotatable bonds is 9. The number of hydrazone groups is 1. The molecule has 0 bridgehead atoms. The van der Waals surface area contributed by atoms with Gasteiger partial charge < -0.3 is 4.74 Å². The van der Waals surface area contributed by atoms with Crippen LogP contribution in [0.15, 0.2) is 70.7 Å². The first-order valence-corrected chi connectivity index (χ1v) is 13.1. The number of sulfonamides is 1. The van der Waals surface area contributed by atoms with Gasteiger partial charge in [-0.15, -0.1) is 0 Å². The number of hydrogen-bond donors (Lipinski definition) is 1. The molecule has 1 aliphatic heterocycles. The zero-order valence-corrected chi connectivity index (χ0v) is 21.1. The molecule has 0 atom stereocenters. The van der Waals surface area contributed by atoms with Gasteiger partial charge in [-0.3, -0.25) is 15.5 Å². The van der Waals surface area contributed by atoms with E-state index in [1.807, 2.05) is 0 Å². The van der Waals surface area contributed by atoms with Crippen molar-refractivity contribution < 1.29 is 18.1 Å². The lowest BCUT2D eigenvalue weighted by atomic mass is 10.1. The number of benzene rings is 3. The van der Waals surface area contributed by atoms with Gasteiger partial charge in [0.25, 0.3) is 5.69 Å². The monoisotopic (exact) mass is 539 g/mol. The Kier molecular flexibility index (Phi) is 8.03. The molecule has 3 aromatic carbocycles. The smallest absolute Gasteiger partial charge is 0.295 e. The number of nitro groups is 1. The van der Waals surface area contributed by atoms with E-state index in [4.69, 9.17) is 21.6 Å². The summed E-state index contributed by atoms with van der Waals surface area (Å²) in [5.74, 6) is 0.473. The van der Waals surface area contributed by atoms with Crippen LogP contribution in [0.3, 0.4) is 0 Å². The van der Waals surface area contributed by atoms with Crippen LogP contribution in [0.4, 0.5) is 11.4 Å². The first kappa shape index (κ1) is 26.1. The molecule has 0 aromatic heterocycles. The summed E-state index contributed by atoms with van der Waals surface area (Å²) < 4.78 is 32.8. The van der Waals surface area contributed by atoms with Crippen LogP contribution in [-0.4, -0.2) is 37.0 Å². The van der Waals surface area contributed by atoms with E-state index in [1.165, 1.54) is 22.7 Å². The van der Waals surface area contributed by atoms with Crippen LogP contribution >= 0.6 is 11.6 Å². The standard InChI is InChI=1S/C25H22ClN5O5S/c26-21-7-10-25(36-17-19-5-3-18(15-27)4-6-19)20(13-21)16-28-29-23-9-8-22(14-24(23)31(32)33)37(34,35)30-11-1-2-12-30/h3-10,13-14,16,29H,1-2,11-12,17H2. The highest BCUT2D eigenvalue weighted by Crippen LogP contribution is 2.30. The molecule has 0 saturated carbocycles. The second-order valence-corrected chi connectivity index (χ2v) is 10.6. The molecular weight excluding hydrogens is 518 g/mol. The number of ether oxygens (including phenoxy) is 1. The summed E-state index contributed by atoms with van der Waals surface area (Å²) >= 11 is 6.13. The molecular formula is C25H22ClN5O5S. The van der Waals surface area contributed by atoms with Gasteiger partial charge in [0.05, 0.1) is 27.7 Å². The van der Waals surface area contributed by atoms with E-state index in [0.717, 1.165) is 24.5 Å². The SMILES string of the molecule is N#Cc1ccc(COc2ccc(Cl)cc2C=NNc2ccc(S(=O)(=O)N3CCCC3)cc2[N+](=O)[O-])cc1. The molecule has 0 aliphatic carbocycles. The molecule has 0 spiro atoms. The number of nitrogens with one attached hydrogen (secondary N) is 1. The van der Waals surface area contributed by atoms with Crippen molar-refractivity contribution in [3.8, 4) is 11.8 Å². The molecule has 4 rings (SSSR count). The summed E-state index contributed by atoms with van der Waals surface area (Å²) in [6.07, 6.45) is 2.93. The predicted octanol–water partition coefficient (Wildman–Crippen LogP) is 4.93. The Morgan fingerprint density at radius 1 is 1.14 bits per heavy atom. The lowest BCUT2D eigenvalue weighted by molar-refractivity contribution is -0.384. The highest BCUT2D eigenvalue weighted by molar-refractivity contribution is 7.89. The fourth-order valence-electron chi connectivity index (χ4n) is 3.75. The van der Waals surface area contributed by atoms with Crippen LogP contribution in [0.5, 0.6) is 5.75 Å². The maximum atomic E-state index is 12.8. The van der Waals surface area contributed by atoms with Crippen LogP contribution in [0, 0.1) is 21.4 Å². The van der Waals surface area contributed by atoms with Gasteiger partial charge >= 0.3 is 0 Å². The fourth-order valence-corrected chi connectivity index (χ4v) is 5.47. The van der Waals surface area contributed by atoms with E-state index in [1.54, 1.807) is 42.5 Å². The molecule has 12 heteroatoms. The van der Waals surface area contributed by atoms with Crippen LogP contribution in [-0.2, 0) is 16.6 Å². The maximum absolute atomic E-state index is 12.8. The number of hydrogen-bond acceptors (Lipinski definition) is 8. The molecule has 1 saturated heterocycles. The van der Waals surface area contributed by atoms with Gasteiger partial charge in [0, 0.05) is 29.7 Å². The summed E-state index contributed by atoms with van der Waals surface area (Å²) in [6.45, 7) is 1.03. The van der Waals surface area contributed by atoms with Gasteiger partial charge in [0.15, 0.2) is 0 Å². The van der Waals surface area contributed by atoms with Crippen molar-refractivity contribution in [1.29, 1.82) is 5.26 Å². The van der Waals surface area contributed by atoms with Crippen LogP contribution < -0.4 is 10.2 Å². The number of halogens is 1. The number of anilines is 1. The van der Waals surface area contributed by atoms with E-state index in [9.17, 15) is 18.5 Å². The molecule has 1 fully saturated rings. The predicted molar refractivity (Wildman–Crippen MR) is 139 cm³/mol. The van der Waals surface area contributed by atoms with Crippen molar-refractivity contribution in [2.75, 3.05) is 18.5 Å². The van der Waals surface area contributed by atoms with Crippen molar-refractivity contribution in [3.63, 3.8) is 0 Å². The Hall–Kier alpha value is -3.98. The Bertz CT molecular complexity index is 1480. The van der Waals surface area contributed by atoms with E-state index in [0.29, 0.717) is 35.0 Å². The van der Waals surface area contributed by atoms with Crippen molar-refractivity contribution >= 4 is 39.2 Å². The molecule has 1 aliphatic rings. The summed E-state index contributed by atoms with van der Waals surface area (Å²) in [5.41, 5.74) is 4.15. The minimum Gasteiger partial charge on any atom is -0.488 e. The van der Waals surface area contributed by atoms with Crippen LogP contribution in [0.25, 0.3) is 0 Å². The third kappa shape index (κ3) is 6.24. The lowest BCUT2D eigenvalue weighted by Gasteiger charge is -2.15. The van der Waals surface area contributed by atoms with Crippen molar-refractivity contribution in [1.82, 2.24) is 4.31 Å². The van der Waals surface area contributed by atoms with Gasteiger partial charge in [0.2, 0.25) is 10.0 Å². The molecule has 10 nitrogen and oxygen atoms in total. The molecule has 0 unspecified atom stereocenters. The Morgan fingerprint density at radius 2 is 1.86 bits per heavy atom. The maximum Gasteiger partial charge on any atom is 0.295 e. The second-order valence-electron chi connectivity index (χ2n) is 8.20.